The summed E-state index contributed by atoms with van der Waals surface area (Å²) >= 11 is 0. The number of nitrogens with zero attached hydrogens (tertiary/aromatic N) is 4. The Hall–Kier alpha value is -3.10. The number of benzene rings is 1. The summed E-state index contributed by atoms with van der Waals surface area (Å²) in [5.41, 5.74) is 2.14. The zero-order valence-corrected chi connectivity index (χ0v) is 16.0. The standard InChI is InChI=1S/C19H23N5O4/c1-22-15-11-13(12-5-8-23(9-6-12)19(27)28-2)3-4-14(15)17(21-22)24-10-7-16(25)20-18(24)26/h3-4,11-12H,5-10H2,1-2H3,(H,20,25,26). The molecule has 148 valence electrons. The molecule has 4 amide bonds. The average Bonchev–Trinajstić information content (AvgIpc) is 3.03. The molecule has 0 atom stereocenters. The van der Waals surface area contributed by atoms with E-state index in [0.717, 1.165) is 23.7 Å². The van der Waals surface area contributed by atoms with E-state index in [9.17, 15) is 14.4 Å². The Kier molecular flexibility index (Phi) is 4.66. The van der Waals surface area contributed by atoms with Crippen molar-refractivity contribution in [3.05, 3.63) is 23.8 Å². The van der Waals surface area contributed by atoms with Gasteiger partial charge < -0.3 is 9.64 Å². The normalized spacial score (nSPS) is 18.5. The second kappa shape index (κ2) is 7.14. The summed E-state index contributed by atoms with van der Waals surface area (Å²) in [6.07, 6.45) is 1.74. The van der Waals surface area contributed by atoms with Gasteiger partial charge in [0, 0.05) is 38.5 Å². The molecule has 2 saturated heterocycles. The van der Waals surface area contributed by atoms with E-state index in [1.165, 1.54) is 17.6 Å². The third kappa shape index (κ3) is 3.17. The summed E-state index contributed by atoms with van der Waals surface area (Å²) in [5.74, 6) is 0.663. The minimum absolute atomic E-state index is 0.262. The Bertz CT molecular complexity index is 945. The van der Waals surface area contributed by atoms with E-state index < -0.39 is 6.03 Å². The summed E-state index contributed by atoms with van der Waals surface area (Å²) < 4.78 is 6.56. The number of rotatable bonds is 2. The molecular weight excluding hydrogens is 362 g/mol. The van der Waals surface area contributed by atoms with E-state index in [1.54, 1.807) is 9.58 Å². The van der Waals surface area contributed by atoms with Gasteiger partial charge in [0.05, 0.1) is 12.6 Å². The van der Waals surface area contributed by atoms with Crippen molar-refractivity contribution < 1.29 is 19.1 Å². The first kappa shape index (κ1) is 18.3. The van der Waals surface area contributed by atoms with Crippen molar-refractivity contribution in [1.29, 1.82) is 0 Å². The lowest BCUT2D eigenvalue weighted by molar-refractivity contribution is -0.120. The van der Waals surface area contributed by atoms with E-state index in [2.05, 4.69) is 22.5 Å². The predicted molar refractivity (Wildman–Crippen MR) is 102 cm³/mol. The number of carbonyl (C=O) groups excluding carboxylic acids is 3. The maximum Gasteiger partial charge on any atom is 0.409 e. The van der Waals surface area contributed by atoms with E-state index in [-0.39, 0.29) is 18.4 Å². The number of fused-ring (bicyclic) bond motifs is 1. The van der Waals surface area contributed by atoms with Gasteiger partial charge in [0.2, 0.25) is 5.91 Å². The molecule has 0 unspecified atom stereocenters. The third-order valence-corrected chi connectivity index (χ3v) is 5.56. The van der Waals surface area contributed by atoms with Crippen LogP contribution in [-0.2, 0) is 16.6 Å². The number of imide groups is 1. The second-order valence-electron chi connectivity index (χ2n) is 7.21. The first-order valence-corrected chi connectivity index (χ1v) is 9.39. The number of aromatic nitrogens is 2. The van der Waals surface area contributed by atoms with Crippen LogP contribution in [0.25, 0.3) is 10.9 Å². The topological polar surface area (TPSA) is 96.8 Å². The van der Waals surface area contributed by atoms with Crippen molar-refractivity contribution in [3.8, 4) is 0 Å². The minimum atomic E-state index is -0.435. The maximum atomic E-state index is 12.2. The van der Waals surface area contributed by atoms with Crippen LogP contribution in [-0.4, -0.2) is 59.5 Å². The molecule has 0 radical (unpaired) electrons. The summed E-state index contributed by atoms with van der Waals surface area (Å²) in [4.78, 5) is 38.5. The second-order valence-corrected chi connectivity index (χ2v) is 7.21. The molecule has 9 heteroatoms. The van der Waals surface area contributed by atoms with Crippen molar-refractivity contribution in [2.75, 3.05) is 31.6 Å². The number of methoxy groups -OCH3 is 1. The van der Waals surface area contributed by atoms with Crippen LogP contribution in [0.1, 0.15) is 30.7 Å². The fourth-order valence-electron chi connectivity index (χ4n) is 4.00. The number of hydrogen-bond acceptors (Lipinski definition) is 5. The van der Waals surface area contributed by atoms with Gasteiger partial charge in [0.15, 0.2) is 5.82 Å². The third-order valence-electron chi connectivity index (χ3n) is 5.56. The van der Waals surface area contributed by atoms with Crippen LogP contribution in [0.4, 0.5) is 15.4 Å². The number of hydrogen-bond donors (Lipinski definition) is 1. The Morgan fingerprint density at radius 2 is 1.96 bits per heavy atom. The Balaban J connectivity index is 1.57. The molecule has 1 aromatic heterocycles. The Morgan fingerprint density at radius 3 is 2.64 bits per heavy atom. The molecule has 28 heavy (non-hydrogen) atoms. The number of nitrogens with one attached hydrogen (secondary N) is 1. The van der Waals surface area contributed by atoms with Crippen LogP contribution in [0.15, 0.2) is 18.2 Å². The highest BCUT2D eigenvalue weighted by Crippen LogP contribution is 2.33. The number of carbonyl (C=O) groups is 3. The molecular formula is C19H23N5O4. The number of anilines is 1. The number of amides is 4. The van der Waals surface area contributed by atoms with Gasteiger partial charge in [0.1, 0.15) is 0 Å². The number of likely N-dealkylation sites (tertiary alicyclic amines) is 1. The van der Waals surface area contributed by atoms with E-state index in [0.29, 0.717) is 31.4 Å². The predicted octanol–water partition coefficient (Wildman–Crippen LogP) is 1.97. The lowest BCUT2D eigenvalue weighted by atomic mass is 9.89. The SMILES string of the molecule is COC(=O)N1CCC(c2ccc3c(N4CCC(=O)NC4=O)nn(C)c3c2)CC1. The largest absolute Gasteiger partial charge is 0.453 e. The highest BCUT2D eigenvalue weighted by Gasteiger charge is 2.29. The number of ether oxygens (including phenoxy) is 1. The van der Waals surface area contributed by atoms with E-state index in [4.69, 9.17) is 4.74 Å². The summed E-state index contributed by atoms with van der Waals surface area (Å²) in [5, 5.41) is 7.74. The van der Waals surface area contributed by atoms with Gasteiger partial charge in [0.25, 0.3) is 0 Å². The number of aryl methyl sites for hydroxylation is 1. The van der Waals surface area contributed by atoms with Crippen LogP contribution in [0.5, 0.6) is 0 Å². The van der Waals surface area contributed by atoms with Crippen molar-refractivity contribution >= 4 is 34.8 Å². The van der Waals surface area contributed by atoms with Crippen molar-refractivity contribution in [3.63, 3.8) is 0 Å². The molecule has 4 rings (SSSR count). The smallest absolute Gasteiger partial charge is 0.409 e. The van der Waals surface area contributed by atoms with Gasteiger partial charge >= 0.3 is 12.1 Å². The molecule has 9 nitrogen and oxygen atoms in total. The zero-order chi connectivity index (χ0) is 19.8. The average molecular weight is 385 g/mol. The zero-order valence-electron chi connectivity index (χ0n) is 16.0. The molecule has 0 spiro atoms. The van der Waals surface area contributed by atoms with E-state index >= 15 is 0 Å². The molecule has 3 heterocycles. The molecule has 2 aromatic rings. The quantitative estimate of drug-likeness (QED) is 0.852. The molecule has 2 aliphatic rings. The van der Waals surface area contributed by atoms with Gasteiger partial charge in [-0.3, -0.25) is 19.7 Å². The number of piperidine rings is 1. The van der Waals surface area contributed by atoms with Crippen LogP contribution < -0.4 is 10.2 Å². The molecule has 0 bridgehead atoms. The highest BCUT2D eigenvalue weighted by molar-refractivity contribution is 6.08. The van der Waals surface area contributed by atoms with Gasteiger partial charge in [-0.15, -0.1) is 0 Å². The monoisotopic (exact) mass is 385 g/mol. The fraction of sp³-hybridized carbons (Fsp3) is 0.474. The van der Waals surface area contributed by atoms with E-state index in [1.807, 2.05) is 13.1 Å². The van der Waals surface area contributed by atoms with Gasteiger partial charge in [-0.2, -0.15) is 5.10 Å². The summed E-state index contributed by atoms with van der Waals surface area (Å²) in [6, 6.07) is 5.73. The summed E-state index contributed by atoms with van der Waals surface area (Å²) in [6.45, 7) is 1.67. The summed E-state index contributed by atoms with van der Waals surface area (Å²) in [7, 11) is 3.25. The van der Waals surface area contributed by atoms with Crippen LogP contribution in [0.2, 0.25) is 0 Å². The van der Waals surface area contributed by atoms with Crippen LogP contribution >= 0.6 is 0 Å². The number of urea groups is 1. The van der Waals surface area contributed by atoms with Crippen molar-refractivity contribution in [1.82, 2.24) is 20.0 Å². The Morgan fingerprint density at radius 1 is 1.21 bits per heavy atom. The molecule has 1 N–H and O–H groups in total. The lowest BCUT2D eigenvalue weighted by Gasteiger charge is -2.31. The maximum absolute atomic E-state index is 12.2. The van der Waals surface area contributed by atoms with Gasteiger partial charge in [-0.1, -0.05) is 6.07 Å². The van der Waals surface area contributed by atoms with Gasteiger partial charge in [-0.05, 0) is 36.5 Å². The molecule has 2 fully saturated rings. The molecule has 1 aromatic carbocycles. The fourth-order valence-corrected chi connectivity index (χ4v) is 4.00. The van der Waals surface area contributed by atoms with Crippen LogP contribution in [0, 0.1) is 0 Å². The van der Waals surface area contributed by atoms with Crippen molar-refractivity contribution in [2.45, 2.75) is 25.2 Å². The van der Waals surface area contributed by atoms with Crippen molar-refractivity contribution in [2.24, 2.45) is 7.05 Å². The Labute approximate surface area is 162 Å². The lowest BCUT2D eigenvalue weighted by Crippen LogP contribution is -2.49. The minimum Gasteiger partial charge on any atom is -0.453 e. The first-order valence-electron chi connectivity index (χ1n) is 9.39. The molecule has 0 aliphatic carbocycles. The molecule has 2 aliphatic heterocycles. The van der Waals surface area contributed by atoms with Crippen LogP contribution in [0.3, 0.4) is 0 Å². The first-order chi connectivity index (χ1) is 13.5. The molecule has 0 saturated carbocycles. The highest BCUT2D eigenvalue weighted by atomic mass is 16.5. The van der Waals surface area contributed by atoms with Gasteiger partial charge in [-0.25, -0.2) is 9.59 Å².